The van der Waals surface area contributed by atoms with Gasteiger partial charge in [-0.25, -0.2) is 9.31 Å². The highest BCUT2D eigenvalue weighted by Gasteiger charge is 2.22. The number of hydrogen-bond acceptors (Lipinski definition) is 3. The van der Waals surface area contributed by atoms with Crippen LogP contribution in [0.2, 0.25) is 0 Å². The van der Waals surface area contributed by atoms with Crippen LogP contribution in [0, 0.1) is 0 Å². The molecule has 0 radical (unpaired) electrons. The molecule has 1 saturated heterocycles. The first-order valence-electron chi connectivity index (χ1n) is 7.98. The van der Waals surface area contributed by atoms with Crippen molar-refractivity contribution in [2.75, 3.05) is 31.1 Å². The molecule has 0 spiro atoms. The molecule has 0 unspecified atom stereocenters. The molecular formula is C18H18N4O2. The third kappa shape index (κ3) is 2.56. The average Bonchev–Trinajstić information content (AvgIpc) is 3.05. The second kappa shape index (κ2) is 5.88. The Morgan fingerprint density at radius 2 is 1.71 bits per heavy atom. The summed E-state index contributed by atoms with van der Waals surface area (Å²) >= 11 is 0. The van der Waals surface area contributed by atoms with Gasteiger partial charge in [-0.05, 0) is 11.6 Å². The van der Waals surface area contributed by atoms with E-state index in [1.54, 1.807) is 0 Å². The molecule has 24 heavy (non-hydrogen) atoms. The Labute approximate surface area is 139 Å². The van der Waals surface area contributed by atoms with E-state index in [1.807, 2.05) is 35.1 Å². The lowest BCUT2D eigenvalue weighted by molar-refractivity contribution is 0.142. The second-order valence-electron chi connectivity index (χ2n) is 5.90. The molecule has 1 aromatic carbocycles. The molecule has 1 N–H and O–H groups in total. The minimum atomic E-state index is -0.845. The zero-order valence-electron chi connectivity index (χ0n) is 13.2. The van der Waals surface area contributed by atoms with E-state index < -0.39 is 6.09 Å². The van der Waals surface area contributed by atoms with Crippen LogP contribution in [0.3, 0.4) is 0 Å². The minimum Gasteiger partial charge on any atom is -0.465 e. The van der Waals surface area contributed by atoms with E-state index in [0.717, 1.165) is 22.3 Å². The zero-order valence-corrected chi connectivity index (χ0v) is 13.2. The molecule has 3 aromatic rings. The highest BCUT2D eigenvalue weighted by molar-refractivity contribution is 5.76. The van der Waals surface area contributed by atoms with Crippen molar-refractivity contribution in [1.29, 1.82) is 0 Å². The normalized spacial score (nSPS) is 15.0. The predicted molar refractivity (Wildman–Crippen MR) is 92.4 cm³/mol. The van der Waals surface area contributed by atoms with E-state index in [1.165, 1.54) is 4.90 Å². The molecular weight excluding hydrogens is 304 g/mol. The number of benzene rings is 1. The Kier molecular flexibility index (Phi) is 3.57. The number of aromatic nitrogens is 2. The molecule has 2 aromatic heterocycles. The van der Waals surface area contributed by atoms with Crippen molar-refractivity contribution < 1.29 is 9.90 Å². The molecule has 1 aliphatic rings. The highest BCUT2D eigenvalue weighted by Crippen LogP contribution is 2.26. The maximum absolute atomic E-state index is 11.0. The number of anilines is 1. The smallest absolute Gasteiger partial charge is 0.407 e. The number of nitrogens with zero attached hydrogens (tertiary/aromatic N) is 4. The summed E-state index contributed by atoms with van der Waals surface area (Å²) in [4.78, 5) is 14.7. The van der Waals surface area contributed by atoms with Gasteiger partial charge in [0, 0.05) is 37.9 Å². The van der Waals surface area contributed by atoms with Gasteiger partial charge in [0.15, 0.2) is 0 Å². The standard InChI is InChI=1S/C18H18N4O2/c23-18(24)21-10-8-20(9-11-21)17-12-19-22-13-15(6-7-16(17)22)14-4-2-1-3-5-14/h1-7,12-13H,8-11H2,(H,23,24). The van der Waals surface area contributed by atoms with Crippen molar-refractivity contribution in [3.8, 4) is 11.1 Å². The van der Waals surface area contributed by atoms with Crippen LogP contribution in [0.5, 0.6) is 0 Å². The van der Waals surface area contributed by atoms with Crippen molar-refractivity contribution in [2.24, 2.45) is 0 Å². The van der Waals surface area contributed by atoms with Gasteiger partial charge < -0.3 is 14.9 Å². The molecule has 6 heteroatoms. The van der Waals surface area contributed by atoms with E-state index in [4.69, 9.17) is 5.11 Å². The van der Waals surface area contributed by atoms with Gasteiger partial charge in [0.1, 0.15) is 0 Å². The van der Waals surface area contributed by atoms with Crippen LogP contribution in [0.15, 0.2) is 54.9 Å². The molecule has 122 valence electrons. The van der Waals surface area contributed by atoms with Crippen LogP contribution in [-0.2, 0) is 0 Å². The third-order valence-electron chi connectivity index (χ3n) is 4.49. The number of pyridine rings is 1. The number of piperazine rings is 1. The summed E-state index contributed by atoms with van der Waals surface area (Å²) in [6.45, 7) is 2.42. The summed E-state index contributed by atoms with van der Waals surface area (Å²) in [5.74, 6) is 0. The number of carbonyl (C=O) groups is 1. The first-order valence-corrected chi connectivity index (χ1v) is 7.98. The van der Waals surface area contributed by atoms with Crippen molar-refractivity contribution in [3.05, 3.63) is 54.9 Å². The van der Waals surface area contributed by atoms with E-state index in [2.05, 4.69) is 34.3 Å². The van der Waals surface area contributed by atoms with Crippen LogP contribution >= 0.6 is 0 Å². The number of hydrogen-bond donors (Lipinski definition) is 1. The average molecular weight is 322 g/mol. The number of rotatable bonds is 2. The minimum absolute atomic E-state index is 0.523. The van der Waals surface area contributed by atoms with Gasteiger partial charge in [-0.1, -0.05) is 36.4 Å². The predicted octanol–water partition coefficient (Wildman–Crippen LogP) is 2.80. The van der Waals surface area contributed by atoms with Gasteiger partial charge in [0.2, 0.25) is 0 Å². The van der Waals surface area contributed by atoms with Crippen molar-refractivity contribution in [1.82, 2.24) is 14.5 Å². The number of amides is 1. The van der Waals surface area contributed by atoms with E-state index >= 15 is 0 Å². The molecule has 0 atom stereocenters. The number of carboxylic acid groups (broad SMARTS) is 1. The lowest BCUT2D eigenvalue weighted by Gasteiger charge is -2.33. The van der Waals surface area contributed by atoms with Gasteiger partial charge >= 0.3 is 6.09 Å². The maximum atomic E-state index is 11.0. The van der Waals surface area contributed by atoms with Gasteiger partial charge in [-0.2, -0.15) is 5.10 Å². The first kappa shape index (κ1) is 14.6. The lowest BCUT2D eigenvalue weighted by Crippen LogP contribution is -2.48. The zero-order chi connectivity index (χ0) is 16.5. The van der Waals surface area contributed by atoms with Gasteiger partial charge in [-0.15, -0.1) is 0 Å². The fourth-order valence-electron chi connectivity index (χ4n) is 3.15. The van der Waals surface area contributed by atoms with Gasteiger partial charge in [0.05, 0.1) is 17.4 Å². The van der Waals surface area contributed by atoms with Crippen molar-refractivity contribution in [2.45, 2.75) is 0 Å². The van der Waals surface area contributed by atoms with Gasteiger partial charge in [0.25, 0.3) is 0 Å². The monoisotopic (exact) mass is 322 g/mol. The molecule has 4 rings (SSSR count). The SMILES string of the molecule is O=C(O)N1CCN(c2cnn3cc(-c4ccccc4)ccc23)CC1. The van der Waals surface area contributed by atoms with E-state index in [0.29, 0.717) is 26.2 Å². The summed E-state index contributed by atoms with van der Waals surface area (Å²) in [5, 5.41) is 13.5. The van der Waals surface area contributed by atoms with Crippen LogP contribution in [-0.4, -0.2) is 51.9 Å². The van der Waals surface area contributed by atoms with Crippen LogP contribution in [0.25, 0.3) is 16.6 Å². The Morgan fingerprint density at radius 3 is 2.42 bits per heavy atom. The fourth-order valence-corrected chi connectivity index (χ4v) is 3.15. The van der Waals surface area contributed by atoms with Crippen LogP contribution in [0.1, 0.15) is 0 Å². The van der Waals surface area contributed by atoms with Crippen molar-refractivity contribution in [3.63, 3.8) is 0 Å². The maximum Gasteiger partial charge on any atom is 0.407 e. The Morgan fingerprint density at radius 1 is 0.958 bits per heavy atom. The molecule has 0 aliphatic carbocycles. The molecule has 0 bridgehead atoms. The molecule has 0 saturated carbocycles. The first-order chi connectivity index (χ1) is 11.7. The van der Waals surface area contributed by atoms with Gasteiger partial charge in [-0.3, -0.25) is 0 Å². The largest absolute Gasteiger partial charge is 0.465 e. The fraction of sp³-hybridized carbons (Fsp3) is 0.222. The Bertz CT molecular complexity index is 867. The Hall–Kier alpha value is -3.02. The Balaban J connectivity index is 1.61. The molecule has 1 fully saturated rings. The van der Waals surface area contributed by atoms with Crippen LogP contribution < -0.4 is 4.90 Å². The van der Waals surface area contributed by atoms with Crippen LogP contribution in [0.4, 0.5) is 10.5 Å². The van der Waals surface area contributed by atoms with E-state index in [9.17, 15) is 4.79 Å². The van der Waals surface area contributed by atoms with Crippen molar-refractivity contribution >= 4 is 17.3 Å². The second-order valence-corrected chi connectivity index (χ2v) is 5.90. The lowest BCUT2D eigenvalue weighted by atomic mass is 10.1. The summed E-state index contributed by atoms with van der Waals surface area (Å²) < 4.78 is 1.89. The molecule has 1 amide bonds. The molecule has 3 heterocycles. The highest BCUT2D eigenvalue weighted by atomic mass is 16.4. The van der Waals surface area contributed by atoms with E-state index in [-0.39, 0.29) is 0 Å². The quantitative estimate of drug-likeness (QED) is 0.788. The summed E-state index contributed by atoms with van der Waals surface area (Å²) in [6, 6.07) is 14.4. The molecule has 1 aliphatic heterocycles. The topological polar surface area (TPSA) is 61.1 Å². The molecule has 6 nitrogen and oxygen atoms in total. The summed E-state index contributed by atoms with van der Waals surface area (Å²) in [5.41, 5.74) is 4.37. The number of fused-ring (bicyclic) bond motifs is 1. The summed E-state index contributed by atoms with van der Waals surface area (Å²) in [7, 11) is 0. The summed E-state index contributed by atoms with van der Waals surface area (Å²) in [6.07, 6.45) is 3.05. The third-order valence-corrected chi connectivity index (χ3v) is 4.49.